The molecule has 1 heterocycles. The van der Waals surface area contributed by atoms with Crippen LogP contribution in [0.4, 0.5) is 0 Å². The highest BCUT2D eigenvalue weighted by Gasteiger charge is 2.14. The Balaban J connectivity index is 3.21. The molecule has 3 heteroatoms. The summed E-state index contributed by atoms with van der Waals surface area (Å²) in [6, 6.07) is 0. The van der Waals surface area contributed by atoms with E-state index in [2.05, 4.69) is 5.10 Å². The highest BCUT2D eigenvalue weighted by atomic mass is 16.1. The first kappa shape index (κ1) is 8.97. The molecule has 0 amide bonds. The molecule has 0 aliphatic heterocycles. The molecule has 0 radical (unpaired) electrons. The van der Waals surface area contributed by atoms with E-state index in [1.54, 1.807) is 0 Å². The SMILES string of the molecule is Cc1nn(C)c(C)c1C(C)C=O. The maximum atomic E-state index is 10.6. The summed E-state index contributed by atoms with van der Waals surface area (Å²) in [6.45, 7) is 5.81. The Morgan fingerprint density at radius 3 is 2.42 bits per heavy atom. The Morgan fingerprint density at radius 1 is 1.50 bits per heavy atom. The van der Waals surface area contributed by atoms with Crippen LogP contribution in [0.3, 0.4) is 0 Å². The molecule has 12 heavy (non-hydrogen) atoms. The van der Waals surface area contributed by atoms with Gasteiger partial charge in [0, 0.05) is 24.2 Å². The Morgan fingerprint density at radius 2 is 2.08 bits per heavy atom. The predicted octanol–water partition coefficient (Wildman–Crippen LogP) is 1.34. The molecule has 0 saturated carbocycles. The molecule has 0 bridgehead atoms. The topological polar surface area (TPSA) is 34.9 Å². The van der Waals surface area contributed by atoms with Crippen LogP contribution in [-0.2, 0) is 11.8 Å². The minimum atomic E-state index is -0.0429. The monoisotopic (exact) mass is 166 g/mol. The van der Waals surface area contributed by atoms with Crippen LogP contribution in [0.2, 0.25) is 0 Å². The van der Waals surface area contributed by atoms with Crippen molar-refractivity contribution in [1.82, 2.24) is 9.78 Å². The second-order valence-corrected chi connectivity index (χ2v) is 3.13. The fourth-order valence-corrected chi connectivity index (χ4v) is 1.52. The number of rotatable bonds is 2. The summed E-state index contributed by atoms with van der Waals surface area (Å²) in [5.41, 5.74) is 3.09. The molecule has 0 aliphatic carbocycles. The number of carbonyl (C=O) groups excluding carboxylic acids is 1. The normalized spacial score (nSPS) is 13.0. The summed E-state index contributed by atoms with van der Waals surface area (Å²) in [7, 11) is 1.89. The molecule has 1 unspecified atom stereocenters. The summed E-state index contributed by atoms with van der Waals surface area (Å²) in [6.07, 6.45) is 0.955. The van der Waals surface area contributed by atoms with Crippen LogP contribution in [0, 0.1) is 13.8 Å². The molecule has 0 spiro atoms. The minimum absolute atomic E-state index is 0.0429. The van der Waals surface area contributed by atoms with E-state index < -0.39 is 0 Å². The number of aldehydes is 1. The lowest BCUT2D eigenvalue weighted by Gasteiger charge is -2.03. The van der Waals surface area contributed by atoms with Gasteiger partial charge in [0.25, 0.3) is 0 Å². The second-order valence-electron chi connectivity index (χ2n) is 3.13. The van der Waals surface area contributed by atoms with E-state index in [4.69, 9.17) is 0 Å². The van der Waals surface area contributed by atoms with Crippen LogP contribution in [-0.4, -0.2) is 16.1 Å². The highest BCUT2D eigenvalue weighted by molar-refractivity contribution is 5.62. The zero-order valence-electron chi connectivity index (χ0n) is 7.96. The highest BCUT2D eigenvalue weighted by Crippen LogP contribution is 2.20. The summed E-state index contributed by atoms with van der Waals surface area (Å²) in [5.74, 6) is -0.0429. The second kappa shape index (κ2) is 3.09. The van der Waals surface area contributed by atoms with E-state index in [9.17, 15) is 4.79 Å². The van der Waals surface area contributed by atoms with Crippen LogP contribution >= 0.6 is 0 Å². The zero-order chi connectivity index (χ0) is 9.30. The molecule has 66 valence electrons. The number of aromatic nitrogens is 2. The van der Waals surface area contributed by atoms with Crippen molar-refractivity contribution in [2.24, 2.45) is 7.05 Å². The molecule has 0 aliphatic rings. The van der Waals surface area contributed by atoms with Crippen molar-refractivity contribution in [1.29, 1.82) is 0 Å². The van der Waals surface area contributed by atoms with Gasteiger partial charge in [-0.1, -0.05) is 6.92 Å². The average Bonchev–Trinajstić information content (AvgIpc) is 2.26. The van der Waals surface area contributed by atoms with Crippen LogP contribution in [0.5, 0.6) is 0 Å². The van der Waals surface area contributed by atoms with Crippen LogP contribution in [0.1, 0.15) is 29.8 Å². The number of aryl methyl sites for hydroxylation is 2. The molecule has 0 fully saturated rings. The molecule has 1 aromatic heterocycles. The van der Waals surface area contributed by atoms with E-state index >= 15 is 0 Å². The number of hydrogen-bond donors (Lipinski definition) is 0. The summed E-state index contributed by atoms with van der Waals surface area (Å²) in [4.78, 5) is 10.6. The van der Waals surface area contributed by atoms with Gasteiger partial charge in [0.1, 0.15) is 6.29 Å². The Bertz CT molecular complexity index is 302. The van der Waals surface area contributed by atoms with Gasteiger partial charge in [0.2, 0.25) is 0 Å². The van der Waals surface area contributed by atoms with Crippen LogP contribution < -0.4 is 0 Å². The first-order valence-corrected chi connectivity index (χ1v) is 4.03. The Kier molecular flexibility index (Phi) is 2.31. The standard InChI is InChI=1S/C9H14N2O/c1-6(5-12)9-7(2)10-11(4)8(9)3/h5-6H,1-4H3. The number of carbonyl (C=O) groups is 1. The molecule has 0 N–H and O–H groups in total. The summed E-state index contributed by atoms with van der Waals surface area (Å²) >= 11 is 0. The van der Waals surface area contributed by atoms with Gasteiger partial charge in [0.15, 0.2) is 0 Å². The van der Waals surface area contributed by atoms with Crippen molar-refractivity contribution in [2.75, 3.05) is 0 Å². The third kappa shape index (κ3) is 1.26. The number of nitrogens with zero attached hydrogens (tertiary/aromatic N) is 2. The van der Waals surface area contributed by atoms with E-state index in [0.717, 1.165) is 23.2 Å². The molecule has 1 atom stereocenters. The molecule has 1 aromatic rings. The lowest BCUT2D eigenvalue weighted by atomic mass is 10.0. The third-order valence-corrected chi connectivity index (χ3v) is 2.22. The largest absolute Gasteiger partial charge is 0.303 e. The van der Waals surface area contributed by atoms with E-state index in [1.165, 1.54) is 0 Å². The molecular formula is C9H14N2O. The van der Waals surface area contributed by atoms with Gasteiger partial charge in [-0.05, 0) is 13.8 Å². The van der Waals surface area contributed by atoms with Gasteiger partial charge in [-0.15, -0.1) is 0 Å². The molecular weight excluding hydrogens is 152 g/mol. The maximum Gasteiger partial charge on any atom is 0.127 e. The van der Waals surface area contributed by atoms with Crippen molar-refractivity contribution in [3.05, 3.63) is 17.0 Å². The van der Waals surface area contributed by atoms with Crippen molar-refractivity contribution in [3.63, 3.8) is 0 Å². The van der Waals surface area contributed by atoms with Gasteiger partial charge < -0.3 is 4.79 Å². The predicted molar refractivity (Wildman–Crippen MR) is 47.2 cm³/mol. The van der Waals surface area contributed by atoms with Gasteiger partial charge >= 0.3 is 0 Å². The fourth-order valence-electron chi connectivity index (χ4n) is 1.52. The quantitative estimate of drug-likeness (QED) is 0.621. The molecule has 0 aromatic carbocycles. The lowest BCUT2D eigenvalue weighted by Crippen LogP contribution is -1.98. The van der Waals surface area contributed by atoms with E-state index in [0.29, 0.717) is 0 Å². The van der Waals surface area contributed by atoms with E-state index in [1.807, 2.05) is 32.5 Å². The van der Waals surface area contributed by atoms with Crippen LogP contribution in [0.25, 0.3) is 0 Å². The van der Waals surface area contributed by atoms with Gasteiger partial charge in [-0.3, -0.25) is 4.68 Å². The Hall–Kier alpha value is -1.12. The minimum Gasteiger partial charge on any atom is -0.303 e. The Labute approximate surface area is 72.4 Å². The smallest absolute Gasteiger partial charge is 0.127 e. The van der Waals surface area contributed by atoms with Gasteiger partial charge in [0.05, 0.1) is 5.69 Å². The average molecular weight is 166 g/mol. The summed E-state index contributed by atoms with van der Waals surface area (Å²) < 4.78 is 1.81. The fraction of sp³-hybridized carbons (Fsp3) is 0.556. The van der Waals surface area contributed by atoms with Crippen molar-refractivity contribution in [2.45, 2.75) is 26.7 Å². The number of hydrogen-bond acceptors (Lipinski definition) is 2. The molecule has 1 rings (SSSR count). The van der Waals surface area contributed by atoms with E-state index in [-0.39, 0.29) is 5.92 Å². The van der Waals surface area contributed by atoms with Crippen molar-refractivity contribution < 1.29 is 4.79 Å². The van der Waals surface area contributed by atoms with Crippen LogP contribution in [0.15, 0.2) is 0 Å². The van der Waals surface area contributed by atoms with Gasteiger partial charge in [-0.25, -0.2) is 0 Å². The molecule has 3 nitrogen and oxygen atoms in total. The lowest BCUT2D eigenvalue weighted by molar-refractivity contribution is -0.108. The first-order chi connectivity index (χ1) is 5.57. The van der Waals surface area contributed by atoms with Crippen molar-refractivity contribution >= 4 is 6.29 Å². The summed E-state index contributed by atoms with van der Waals surface area (Å²) in [5, 5.41) is 4.24. The van der Waals surface area contributed by atoms with Gasteiger partial charge in [-0.2, -0.15) is 5.10 Å². The zero-order valence-corrected chi connectivity index (χ0v) is 7.96. The third-order valence-electron chi connectivity index (χ3n) is 2.22. The molecule has 0 saturated heterocycles. The van der Waals surface area contributed by atoms with Crippen molar-refractivity contribution in [3.8, 4) is 0 Å². The first-order valence-electron chi connectivity index (χ1n) is 4.03. The maximum absolute atomic E-state index is 10.6.